The van der Waals surface area contributed by atoms with Gasteiger partial charge in [0.2, 0.25) is 5.91 Å². The van der Waals surface area contributed by atoms with Gasteiger partial charge in [-0.15, -0.1) is 0 Å². The lowest BCUT2D eigenvalue weighted by Gasteiger charge is -2.10. The molecule has 4 aromatic rings. The molecule has 0 radical (unpaired) electrons. The molecule has 32 heavy (non-hydrogen) atoms. The van der Waals surface area contributed by atoms with Gasteiger partial charge in [-0.3, -0.25) is 4.79 Å². The summed E-state index contributed by atoms with van der Waals surface area (Å²) in [5.74, 6) is 0.752. The number of alkyl halides is 3. The van der Waals surface area contributed by atoms with Crippen LogP contribution in [0.5, 0.6) is 0 Å². The first kappa shape index (κ1) is 21.0. The average molecular weight is 438 g/mol. The van der Waals surface area contributed by atoms with Crippen LogP contribution in [0.15, 0.2) is 79.4 Å². The van der Waals surface area contributed by atoms with Crippen molar-refractivity contribution < 1.29 is 18.0 Å². The quantitative estimate of drug-likeness (QED) is 0.459. The van der Waals surface area contributed by atoms with Crippen LogP contribution in [0.25, 0.3) is 5.82 Å². The summed E-state index contributed by atoms with van der Waals surface area (Å²) in [6.45, 7) is 0. The number of amides is 1. The first-order chi connectivity index (χ1) is 15.4. The van der Waals surface area contributed by atoms with E-state index in [1.54, 1.807) is 53.5 Å². The molecule has 0 saturated carbocycles. The van der Waals surface area contributed by atoms with Crippen molar-refractivity contribution in [1.29, 1.82) is 0 Å². The molecular weight excluding hydrogens is 421 g/mol. The van der Waals surface area contributed by atoms with Gasteiger partial charge in [-0.25, -0.2) is 14.6 Å². The third-order valence-corrected chi connectivity index (χ3v) is 4.45. The van der Waals surface area contributed by atoms with E-state index in [0.717, 1.165) is 17.8 Å². The van der Waals surface area contributed by atoms with Gasteiger partial charge >= 0.3 is 6.18 Å². The molecule has 2 aromatic heterocycles. The second kappa shape index (κ2) is 8.88. The van der Waals surface area contributed by atoms with E-state index in [0.29, 0.717) is 17.3 Å². The van der Waals surface area contributed by atoms with Gasteiger partial charge in [-0.05, 0) is 42.0 Å². The molecule has 0 saturated heterocycles. The number of halogens is 3. The maximum atomic E-state index is 12.8. The molecule has 10 heteroatoms. The summed E-state index contributed by atoms with van der Waals surface area (Å²) in [5.41, 5.74) is 0.754. The van der Waals surface area contributed by atoms with Crippen molar-refractivity contribution in [2.24, 2.45) is 0 Å². The fourth-order valence-electron chi connectivity index (χ4n) is 2.98. The minimum absolute atomic E-state index is 0.166. The van der Waals surface area contributed by atoms with Crippen LogP contribution in [0.4, 0.5) is 30.4 Å². The number of carbonyl (C=O) groups excluding carboxylic acids is 1. The summed E-state index contributed by atoms with van der Waals surface area (Å²) >= 11 is 0. The Labute approximate surface area is 181 Å². The number of hydrogen-bond donors (Lipinski definition) is 2. The van der Waals surface area contributed by atoms with E-state index in [2.05, 4.69) is 25.7 Å². The number of benzene rings is 2. The Kier molecular flexibility index (Phi) is 5.84. The van der Waals surface area contributed by atoms with Gasteiger partial charge in [-0.2, -0.15) is 18.3 Å². The summed E-state index contributed by atoms with van der Waals surface area (Å²) in [5, 5.41) is 9.94. The molecule has 0 aliphatic heterocycles. The lowest BCUT2D eigenvalue weighted by atomic mass is 10.1. The van der Waals surface area contributed by atoms with Crippen LogP contribution in [0.3, 0.4) is 0 Å². The molecule has 0 bridgehead atoms. The molecular formula is C22H17F3N6O. The maximum absolute atomic E-state index is 12.8. The Morgan fingerprint density at radius 2 is 1.75 bits per heavy atom. The largest absolute Gasteiger partial charge is 0.416 e. The minimum atomic E-state index is -4.45. The summed E-state index contributed by atoms with van der Waals surface area (Å²) in [6, 6.07) is 15.1. The molecule has 0 atom stereocenters. The van der Waals surface area contributed by atoms with Crippen molar-refractivity contribution in [3.05, 3.63) is 90.5 Å². The molecule has 0 aliphatic rings. The van der Waals surface area contributed by atoms with Gasteiger partial charge in [0.25, 0.3) is 0 Å². The molecule has 0 spiro atoms. The molecule has 2 N–H and O–H groups in total. The van der Waals surface area contributed by atoms with Crippen molar-refractivity contribution in [3.63, 3.8) is 0 Å². The van der Waals surface area contributed by atoms with Crippen LogP contribution >= 0.6 is 0 Å². The zero-order valence-corrected chi connectivity index (χ0v) is 16.5. The molecule has 162 valence electrons. The Morgan fingerprint density at radius 1 is 0.969 bits per heavy atom. The number of nitrogens with zero attached hydrogens (tertiary/aromatic N) is 4. The van der Waals surface area contributed by atoms with Crippen LogP contribution in [-0.4, -0.2) is 25.7 Å². The second-order valence-corrected chi connectivity index (χ2v) is 6.84. The van der Waals surface area contributed by atoms with Crippen molar-refractivity contribution >= 4 is 23.1 Å². The Bertz CT molecular complexity index is 1210. The zero-order valence-electron chi connectivity index (χ0n) is 16.5. The van der Waals surface area contributed by atoms with Gasteiger partial charge in [0.05, 0.1) is 12.0 Å². The van der Waals surface area contributed by atoms with E-state index < -0.39 is 17.6 Å². The van der Waals surface area contributed by atoms with Gasteiger partial charge in [-0.1, -0.05) is 18.2 Å². The highest BCUT2D eigenvalue weighted by Crippen LogP contribution is 2.29. The Balaban J connectivity index is 1.37. The Hall–Kier alpha value is -4.21. The summed E-state index contributed by atoms with van der Waals surface area (Å²) in [7, 11) is 0. The number of carbonyl (C=O) groups is 1. The molecule has 4 rings (SSSR count). The number of nitrogens with one attached hydrogen (secondary N) is 2. The lowest BCUT2D eigenvalue weighted by Crippen LogP contribution is -2.15. The van der Waals surface area contributed by atoms with E-state index in [9.17, 15) is 18.0 Å². The smallest absolute Gasteiger partial charge is 0.340 e. The Morgan fingerprint density at radius 3 is 2.47 bits per heavy atom. The number of hydrogen-bond acceptors (Lipinski definition) is 5. The van der Waals surface area contributed by atoms with Crippen molar-refractivity contribution in [3.8, 4) is 5.82 Å². The van der Waals surface area contributed by atoms with Crippen molar-refractivity contribution in [2.45, 2.75) is 12.6 Å². The van der Waals surface area contributed by atoms with E-state index in [-0.39, 0.29) is 12.0 Å². The van der Waals surface area contributed by atoms with E-state index in [1.807, 2.05) is 0 Å². The standard InChI is InChI=1S/C22H17F3N6O/c23-22(24,25)16-4-1-3-15(11-16)12-21(32)30-18-7-5-17(6-8-18)29-19-13-20(27-14-26-19)31-10-2-9-28-31/h1-11,13-14H,12H2,(H,30,32)(H,26,27,29). The molecule has 0 fully saturated rings. The molecule has 0 aliphatic carbocycles. The highest BCUT2D eigenvalue weighted by atomic mass is 19.4. The molecule has 7 nitrogen and oxygen atoms in total. The van der Waals surface area contributed by atoms with Gasteiger partial charge in [0.15, 0.2) is 5.82 Å². The van der Waals surface area contributed by atoms with Gasteiger partial charge in [0.1, 0.15) is 12.1 Å². The first-order valence-corrected chi connectivity index (χ1v) is 9.52. The topological polar surface area (TPSA) is 84.7 Å². The number of rotatable bonds is 6. The molecule has 2 aromatic carbocycles. The second-order valence-electron chi connectivity index (χ2n) is 6.84. The minimum Gasteiger partial charge on any atom is -0.340 e. The van der Waals surface area contributed by atoms with Crippen LogP contribution < -0.4 is 10.6 Å². The summed E-state index contributed by atoms with van der Waals surface area (Å²) < 4.78 is 40.1. The fraction of sp³-hybridized carbons (Fsp3) is 0.0909. The van der Waals surface area contributed by atoms with E-state index >= 15 is 0 Å². The number of anilines is 3. The molecule has 2 heterocycles. The summed E-state index contributed by atoms with van der Waals surface area (Å²) in [4.78, 5) is 20.6. The third kappa shape index (κ3) is 5.28. The zero-order chi connectivity index (χ0) is 22.6. The SMILES string of the molecule is O=C(Cc1cccc(C(F)(F)F)c1)Nc1ccc(Nc2cc(-n3cccn3)ncn2)cc1. The first-order valence-electron chi connectivity index (χ1n) is 9.52. The fourth-order valence-corrected chi connectivity index (χ4v) is 2.98. The lowest BCUT2D eigenvalue weighted by molar-refractivity contribution is -0.137. The predicted octanol–water partition coefficient (Wildman–Crippen LogP) is 4.61. The average Bonchev–Trinajstić information content (AvgIpc) is 3.30. The predicted molar refractivity (Wildman–Crippen MR) is 113 cm³/mol. The van der Waals surface area contributed by atoms with Crippen molar-refractivity contribution in [1.82, 2.24) is 19.7 Å². The van der Waals surface area contributed by atoms with Gasteiger partial charge < -0.3 is 10.6 Å². The van der Waals surface area contributed by atoms with E-state index in [1.165, 1.54) is 18.5 Å². The van der Waals surface area contributed by atoms with Crippen LogP contribution in [0.1, 0.15) is 11.1 Å². The highest BCUT2D eigenvalue weighted by molar-refractivity contribution is 5.92. The highest BCUT2D eigenvalue weighted by Gasteiger charge is 2.30. The third-order valence-electron chi connectivity index (χ3n) is 4.45. The summed E-state index contributed by atoms with van der Waals surface area (Å²) in [6.07, 6.45) is 0.221. The van der Waals surface area contributed by atoms with Crippen molar-refractivity contribution in [2.75, 3.05) is 10.6 Å². The van der Waals surface area contributed by atoms with Crippen LogP contribution in [0, 0.1) is 0 Å². The van der Waals surface area contributed by atoms with Crippen LogP contribution in [-0.2, 0) is 17.4 Å². The monoisotopic (exact) mass is 438 g/mol. The normalized spacial score (nSPS) is 11.2. The maximum Gasteiger partial charge on any atom is 0.416 e. The molecule has 0 unspecified atom stereocenters. The molecule has 1 amide bonds. The number of aromatic nitrogens is 4. The van der Waals surface area contributed by atoms with Crippen LogP contribution in [0.2, 0.25) is 0 Å². The van der Waals surface area contributed by atoms with Gasteiger partial charge in [0, 0.05) is 29.8 Å². The van der Waals surface area contributed by atoms with E-state index in [4.69, 9.17) is 0 Å².